The van der Waals surface area contributed by atoms with Crippen molar-refractivity contribution in [2.24, 2.45) is 0 Å². The number of aliphatic hydroxyl groups excluding tert-OH is 2. The zero-order valence-corrected chi connectivity index (χ0v) is 34.3. The average Bonchev–Trinajstić information content (AvgIpc) is 3.14. The number of nitrogens with one attached hydrogen (secondary N) is 1. The topological polar surface area (TPSA) is 95.9 Å². The van der Waals surface area contributed by atoms with Crippen LogP contribution in [-0.4, -0.2) is 47.4 Å². The van der Waals surface area contributed by atoms with Crippen LogP contribution < -0.4 is 5.32 Å². The average molecular weight is 732 g/mol. The second-order valence-electron chi connectivity index (χ2n) is 15.0. The van der Waals surface area contributed by atoms with Gasteiger partial charge in [-0.25, -0.2) is 0 Å². The van der Waals surface area contributed by atoms with Gasteiger partial charge in [-0.15, -0.1) is 0 Å². The van der Waals surface area contributed by atoms with Gasteiger partial charge in [-0.2, -0.15) is 0 Å². The van der Waals surface area contributed by atoms with Crippen LogP contribution in [0.3, 0.4) is 0 Å². The molecular formula is C46H85NO5. The minimum Gasteiger partial charge on any atom is -0.466 e. The van der Waals surface area contributed by atoms with Crippen LogP contribution in [0.25, 0.3) is 0 Å². The highest BCUT2D eigenvalue weighted by Gasteiger charge is 2.19. The summed E-state index contributed by atoms with van der Waals surface area (Å²) >= 11 is 0. The van der Waals surface area contributed by atoms with E-state index in [1.807, 2.05) is 6.08 Å². The molecule has 0 fully saturated rings. The van der Waals surface area contributed by atoms with Gasteiger partial charge in [-0.3, -0.25) is 9.59 Å². The number of ether oxygens (including phenoxy) is 1. The normalized spacial score (nSPS) is 13.1. The Morgan fingerprint density at radius 1 is 0.538 bits per heavy atom. The van der Waals surface area contributed by atoms with E-state index in [4.69, 9.17) is 4.74 Å². The number of hydrogen-bond acceptors (Lipinski definition) is 5. The van der Waals surface area contributed by atoms with Crippen molar-refractivity contribution >= 4 is 11.9 Å². The van der Waals surface area contributed by atoms with E-state index in [1.165, 1.54) is 128 Å². The van der Waals surface area contributed by atoms with Gasteiger partial charge in [0.05, 0.1) is 25.4 Å². The van der Waals surface area contributed by atoms with Crippen molar-refractivity contribution in [3.8, 4) is 0 Å². The number of rotatable bonds is 40. The van der Waals surface area contributed by atoms with Gasteiger partial charge >= 0.3 is 5.97 Å². The number of hydrogen-bond donors (Lipinski definition) is 3. The van der Waals surface area contributed by atoms with E-state index >= 15 is 0 Å². The lowest BCUT2D eigenvalue weighted by Crippen LogP contribution is -2.45. The van der Waals surface area contributed by atoms with Crippen LogP contribution in [0.5, 0.6) is 0 Å². The molecule has 0 saturated carbocycles. The van der Waals surface area contributed by atoms with Gasteiger partial charge in [-0.1, -0.05) is 179 Å². The summed E-state index contributed by atoms with van der Waals surface area (Å²) in [6, 6.07) is -0.584. The highest BCUT2D eigenvalue weighted by molar-refractivity contribution is 5.76. The fourth-order valence-corrected chi connectivity index (χ4v) is 6.43. The second kappa shape index (κ2) is 41.8. The molecule has 52 heavy (non-hydrogen) atoms. The van der Waals surface area contributed by atoms with Crippen molar-refractivity contribution in [3.05, 3.63) is 36.5 Å². The van der Waals surface area contributed by atoms with Gasteiger partial charge in [0.25, 0.3) is 0 Å². The Kier molecular flexibility index (Phi) is 40.3. The number of carbonyl (C=O) groups is 2. The van der Waals surface area contributed by atoms with Crippen molar-refractivity contribution < 1.29 is 24.5 Å². The minimum atomic E-state index is -0.697. The van der Waals surface area contributed by atoms with E-state index in [0.717, 1.165) is 51.4 Å². The molecule has 0 saturated heterocycles. The number of carbonyl (C=O) groups excluding carboxylic acids is 2. The summed E-state index contributed by atoms with van der Waals surface area (Å²) in [5, 5.41) is 23.0. The van der Waals surface area contributed by atoms with Gasteiger partial charge in [0.1, 0.15) is 0 Å². The lowest BCUT2D eigenvalue weighted by molar-refractivity contribution is -0.143. The molecule has 0 radical (unpaired) electrons. The maximum Gasteiger partial charge on any atom is 0.305 e. The predicted molar refractivity (Wildman–Crippen MR) is 222 cm³/mol. The summed E-state index contributed by atoms with van der Waals surface area (Å²) in [6.45, 7) is 4.81. The Labute approximate surface area is 322 Å². The molecule has 2 unspecified atom stereocenters. The van der Waals surface area contributed by atoms with Crippen LogP contribution in [0.4, 0.5) is 0 Å². The first kappa shape index (κ1) is 50.1. The third kappa shape index (κ3) is 37.8. The Balaban J connectivity index is 3.58. The minimum absolute atomic E-state index is 0.0293. The summed E-state index contributed by atoms with van der Waals surface area (Å²) in [5.41, 5.74) is 0. The Morgan fingerprint density at radius 3 is 1.58 bits per heavy atom. The molecule has 3 N–H and O–H groups in total. The standard InChI is InChI=1S/C46H85NO5/c1-3-5-7-9-11-13-18-22-26-30-34-38-44(49)43(42-48)47-45(50)39-35-31-27-23-20-16-15-17-21-25-29-33-37-41-52-46(51)40-36-32-28-24-19-14-12-10-8-6-4-2/h10,12,16,20,27,31,43-44,48-49H,3-9,11,13-15,17-19,21-26,28-30,32-42H2,1-2H3,(H,47,50)/b12-10-,20-16-,31-27-. The van der Waals surface area contributed by atoms with Crippen LogP contribution in [0.1, 0.15) is 219 Å². The molecule has 0 aromatic carbocycles. The van der Waals surface area contributed by atoms with Gasteiger partial charge < -0.3 is 20.3 Å². The summed E-state index contributed by atoms with van der Waals surface area (Å²) in [5.74, 6) is -0.148. The summed E-state index contributed by atoms with van der Waals surface area (Å²) < 4.78 is 5.41. The third-order valence-electron chi connectivity index (χ3n) is 9.93. The molecule has 0 aliphatic heterocycles. The quantitative estimate of drug-likeness (QED) is 0.0331. The van der Waals surface area contributed by atoms with E-state index in [2.05, 4.69) is 49.5 Å². The highest BCUT2D eigenvalue weighted by Crippen LogP contribution is 2.14. The number of esters is 1. The maximum absolute atomic E-state index is 12.3. The number of amides is 1. The second-order valence-corrected chi connectivity index (χ2v) is 15.0. The summed E-state index contributed by atoms with van der Waals surface area (Å²) in [4.78, 5) is 24.3. The Hall–Kier alpha value is -1.92. The molecule has 0 aromatic rings. The van der Waals surface area contributed by atoms with Crippen LogP contribution in [0, 0.1) is 0 Å². The summed E-state index contributed by atoms with van der Waals surface area (Å²) in [6.07, 6.45) is 48.2. The molecule has 0 aliphatic rings. The number of aliphatic hydroxyl groups is 2. The summed E-state index contributed by atoms with van der Waals surface area (Å²) in [7, 11) is 0. The molecular weight excluding hydrogens is 647 g/mol. The highest BCUT2D eigenvalue weighted by atomic mass is 16.5. The lowest BCUT2D eigenvalue weighted by Gasteiger charge is -2.22. The van der Waals surface area contributed by atoms with Crippen molar-refractivity contribution in [1.29, 1.82) is 0 Å². The zero-order chi connectivity index (χ0) is 38.0. The Bertz CT molecular complexity index is 854. The third-order valence-corrected chi connectivity index (χ3v) is 9.93. The fraction of sp³-hybridized carbons (Fsp3) is 0.826. The SMILES string of the molecule is CCCC/C=C\CCCCCCCC(=O)OCCCCCCCC/C=C\C/C=C\CCC(=O)NC(CO)C(O)CCCCCCCCCCCCC. The van der Waals surface area contributed by atoms with E-state index in [0.29, 0.717) is 32.3 Å². The van der Waals surface area contributed by atoms with Gasteiger partial charge in [-0.05, 0) is 64.2 Å². The molecule has 6 nitrogen and oxygen atoms in total. The van der Waals surface area contributed by atoms with Crippen LogP contribution in [-0.2, 0) is 14.3 Å². The van der Waals surface area contributed by atoms with Crippen molar-refractivity contribution in [2.45, 2.75) is 231 Å². The van der Waals surface area contributed by atoms with E-state index < -0.39 is 12.1 Å². The maximum atomic E-state index is 12.3. The first-order chi connectivity index (χ1) is 25.5. The van der Waals surface area contributed by atoms with Crippen LogP contribution in [0.2, 0.25) is 0 Å². The van der Waals surface area contributed by atoms with Crippen LogP contribution in [0.15, 0.2) is 36.5 Å². The predicted octanol–water partition coefficient (Wildman–Crippen LogP) is 12.6. The molecule has 0 aromatic heterocycles. The largest absolute Gasteiger partial charge is 0.466 e. The van der Waals surface area contributed by atoms with Crippen molar-refractivity contribution in [2.75, 3.05) is 13.2 Å². The number of unbranched alkanes of at least 4 members (excludes halogenated alkanes) is 23. The first-order valence-corrected chi connectivity index (χ1v) is 22.2. The van der Waals surface area contributed by atoms with Crippen molar-refractivity contribution in [3.63, 3.8) is 0 Å². The molecule has 0 rings (SSSR count). The van der Waals surface area contributed by atoms with E-state index in [9.17, 15) is 19.8 Å². The lowest BCUT2D eigenvalue weighted by atomic mass is 10.0. The van der Waals surface area contributed by atoms with E-state index in [-0.39, 0.29) is 18.5 Å². The molecule has 1 amide bonds. The molecule has 0 aliphatic carbocycles. The fourth-order valence-electron chi connectivity index (χ4n) is 6.43. The monoisotopic (exact) mass is 732 g/mol. The van der Waals surface area contributed by atoms with Crippen LogP contribution >= 0.6 is 0 Å². The van der Waals surface area contributed by atoms with Crippen molar-refractivity contribution in [1.82, 2.24) is 5.32 Å². The zero-order valence-electron chi connectivity index (χ0n) is 34.3. The smallest absolute Gasteiger partial charge is 0.305 e. The first-order valence-electron chi connectivity index (χ1n) is 22.2. The molecule has 0 spiro atoms. The van der Waals surface area contributed by atoms with Gasteiger partial charge in [0, 0.05) is 12.8 Å². The van der Waals surface area contributed by atoms with E-state index in [1.54, 1.807) is 0 Å². The van der Waals surface area contributed by atoms with Gasteiger partial charge in [0.2, 0.25) is 5.91 Å². The Morgan fingerprint density at radius 2 is 1.00 bits per heavy atom. The number of allylic oxidation sites excluding steroid dienone is 6. The molecule has 304 valence electrons. The molecule has 0 heterocycles. The molecule has 0 bridgehead atoms. The molecule has 6 heteroatoms. The van der Waals surface area contributed by atoms with Gasteiger partial charge in [0.15, 0.2) is 0 Å². The molecule has 2 atom stereocenters.